The molecule has 0 aromatic carbocycles. The fourth-order valence-corrected chi connectivity index (χ4v) is 1.51. The van der Waals surface area contributed by atoms with Crippen LogP contribution in [0.5, 0.6) is 5.88 Å². The van der Waals surface area contributed by atoms with Crippen LogP contribution in [0.1, 0.15) is 25.8 Å². The molecule has 0 bridgehead atoms. The quantitative estimate of drug-likeness (QED) is 0.833. The Morgan fingerprint density at radius 1 is 1.50 bits per heavy atom. The molecule has 0 saturated carbocycles. The number of rotatable bonds is 6. The summed E-state index contributed by atoms with van der Waals surface area (Å²) in [4.78, 5) is 4.20. The summed E-state index contributed by atoms with van der Waals surface area (Å²) in [6.45, 7) is 5.75. The van der Waals surface area contributed by atoms with Gasteiger partial charge in [-0.3, -0.25) is 0 Å². The molecule has 90 valence electrons. The average molecular weight is 243 g/mol. The zero-order valence-corrected chi connectivity index (χ0v) is 10.8. The van der Waals surface area contributed by atoms with Crippen LogP contribution in [0.3, 0.4) is 0 Å². The topological polar surface area (TPSA) is 34.2 Å². The maximum atomic E-state index is 6.07. The van der Waals surface area contributed by atoms with Gasteiger partial charge in [-0.15, -0.1) is 0 Å². The van der Waals surface area contributed by atoms with E-state index in [1.807, 2.05) is 13.1 Å². The monoisotopic (exact) mass is 242 g/mol. The van der Waals surface area contributed by atoms with Crippen LogP contribution in [-0.4, -0.2) is 18.6 Å². The van der Waals surface area contributed by atoms with Gasteiger partial charge in [-0.05, 0) is 31.0 Å². The van der Waals surface area contributed by atoms with Gasteiger partial charge in [0, 0.05) is 12.7 Å². The van der Waals surface area contributed by atoms with Gasteiger partial charge in [0.2, 0.25) is 5.88 Å². The fourth-order valence-electron chi connectivity index (χ4n) is 1.26. The normalized spacial score (nSPS) is 10.8. The molecule has 1 aromatic heterocycles. The lowest BCUT2D eigenvalue weighted by Crippen LogP contribution is -2.07. The van der Waals surface area contributed by atoms with Gasteiger partial charge in [-0.25, -0.2) is 4.98 Å². The summed E-state index contributed by atoms with van der Waals surface area (Å²) in [6.07, 6.45) is 2.80. The summed E-state index contributed by atoms with van der Waals surface area (Å²) in [7, 11) is 1.89. The lowest BCUT2D eigenvalue weighted by molar-refractivity contribution is 0.279. The van der Waals surface area contributed by atoms with Crippen molar-refractivity contribution in [3.63, 3.8) is 0 Å². The Bertz CT molecular complexity index is 329. The van der Waals surface area contributed by atoms with E-state index >= 15 is 0 Å². The van der Waals surface area contributed by atoms with Crippen molar-refractivity contribution in [1.29, 1.82) is 0 Å². The molecule has 16 heavy (non-hydrogen) atoms. The Kier molecular flexibility index (Phi) is 5.56. The van der Waals surface area contributed by atoms with Gasteiger partial charge >= 0.3 is 0 Å². The second-order valence-corrected chi connectivity index (χ2v) is 4.60. The second-order valence-electron chi connectivity index (χ2n) is 4.19. The highest BCUT2D eigenvalue weighted by atomic mass is 35.5. The molecule has 1 heterocycles. The van der Waals surface area contributed by atoms with Crippen LogP contribution in [-0.2, 0) is 6.54 Å². The third-order valence-electron chi connectivity index (χ3n) is 2.18. The first-order valence-corrected chi connectivity index (χ1v) is 5.93. The van der Waals surface area contributed by atoms with Crippen LogP contribution in [0.4, 0.5) is 0 Å². The van der Waals surface area contributed by atoms with E-state index in [9.17, 15) is 0 Å². The minimum atomic E-state index is 0.530. The predicted molar refractivity (Wildman–Crippen MR) is 67.0 cm³/mol. The van der Waals surface area contributed by atoms with Gasteiger partial charge in [-0.1, -0.05) is 25.4 Å². The molecule has 3 nitrogen and oxygen atoms in total. The largest absolute Gasteiger partial charge is 0.477 e. The van der Waals surface area contributed by atoms with Gasteiger partial charge in [0.15, 0.2) is 0 Å². The summed E-state index contributed by atoms with van der Waals surface area (Å²) < 4.78 is 5.52. The molecule has 0 aliphatic heterocycles. The van der Waals surface area contributed by atoms with Crippen molar-refractivity contribution in [3.05, 3.63) is 22.8 Å². The highest BCUT2D eigenvalue weighted by molar-refractivity contribution is 6.31. The van der Waals surface area contributed by atoms with Crippen LogP contribution in [0.2, 0.25) is 5.02 Å². The molecule has 1 N–H and O–H groups in total. The van der Waals surface area contributed by atoms with Crippen LogP contribution in [0.25, 0.3) is 0 Å². The molecular weight excluding hydrogens is 224 g/mol. The first-order chi connectivity index (χ1) is 7.63. The van der Waals surface area contributed by atoms with E-state index in [1.54, 1.807) is 6.20 Å². The molecule has 4 heteroatoms. The average Bonchev–Trinajstić information content (AvgIpc) is 2.21. The van der Waals surface area contributed by atoms with E-state index in [2.05, 4.69) is 24.1 Å². The number of aromatic nitrogens is 1. The van der Waals surface area contributed by atoms with Crippen molar-refractivity contribution in [2.24, 2.45) is 5.92 Å². The fraction of sp³-hybridized carbons (Fsp3) is 0.583. The molecule has 0 amide bonds. The summed E-state index contributed by atoms with van der Waals surface area (Å²) in [6, 6.07) is 1.88. The summed E-state index contributed by atoms with van der Waals surface area (Å²) in [5, 5.41) is 3.63. The van der Waals surface area contributed by atoms with Crippen molar-refractivity contribution in [3.8, 4) is 5.88 Å². The van der Waals surface area contributed by atoms with E-state index in [1.165, 1.54) is 0 Å². The van der Waals surface area contributed by atoms with Gasteiger partial charge in [0.1, 0.15) is 5.02 Å². The van der Waals surface area contributed by atoms with E-state index in [0.717, 1.165) is 18.5 Å². The lowest BCUT2D eigenvalue weighted by atomic mass is 10.1. The third-order valence-corrected chi connectivity index (χ3v) is 2.45. The zero-order valence-electron chi connectivity index (χ0n) is 10.1. The Balaban J connectivity index is 2.54. The number of nitrogens with zero attached hydrogens (tertiary/aromatic N) is 1. The standard InChI is InChI=1S/C12H19ClN2O/c1-9(2)4-5-16-12-11(13)6-10(7-14-3)8-15-12/h6,8-9,14H,4-5,7H2,1-3H3. The zero-order chi connectivity index (χ0) is 12.0. The number of nitrogens with one attached hydrogen (secondary N) is 1. The van der Waals surface area contributed by atoms with Crippen LogP contribution in [0.15, 0.2) is 12.3 Å². The second kappa shape index (κ2) is 6.71. The van der Waals surface area contributed by atoms with Crippen molar-refractivity contribution in [1.82, 2.24) is 10.3 Å². The van der Waals surface area contributed by atoms with Gasteiger partial charge in [-0.2, -0.15) is 0 Å². The minimum absolute atomic E-state index is 0.530. The van der Waals surface area contributed by atoms with Crippen LogP contribution >= 0.6 is 11.6 Å². The molecule has 0 unspecified atom stereocenters. The van der Waals surface area contributed by atoms with E-state index < -0.39 is 0 Å². The van der Waals surface area contributed by atoms with Crippen molar-refractivity contribution in [2.75, 3.05) is 13.7 Å². The lowest BCUT2D eigenvalue weighted by Gasteiger charge is -2.09. The number of pyridine rings is 1. The summed E-state index contributed by atoms with van der Waals surface area (Å²) >= 11 is 6.07. The summed E-state index contributed by atoms with van der Waals surface area (Å²) in [5.74, 6) is 1.16. The molecule has 0 saturated heterocycles. The number of hydrogen-bond donors (Lipinski definition) is 1. The third kappa shape index (κ3) is 4.37. The molecule has 1 rings (SSSR count). The van der Waals surface area contributed by atoms with Crippen LogP contribution in [0, 0.1) is 5.92 Å². The van der Waals surface area contributed by atoms with Gasteiger partial charge < -0.3 is 10.1 Å². The summed E-state index contributed by atoms with van der Waals surface area (Å²) in [5.41, 5.74) is 1.06. The molecule has 1 aromatic rings. The SMILES string of the molecule is CNCc1cnc(OCCC(C)C)c(Cl)c1. The number of ether oxygens (including phenoxy) is 1. The first-order valence-electron chi connectivity index (χ1n) is 5.55. The van der Waals surface area contributed by atoms with E-state index in [-0.39, 0.29) is 0 Å². The molecule has 0 radical (unpaired) electrons. The minimum Gasteiger partial charge on any atom is -0.477 e. The van der Waals surface area contributed by atoms with Crippen molar-refractivity contribution >= 4 is 11.6 Å². The molecule has 0 spiro atoms. The number of hydrogen-bond acceptors (Lipinski definition) is 3. The van der Waals surface area contributed by atoms with Crippen molar-refractivity contribution in [2.45, 2.75) is 26.8 Å². The van der Waals surface area contributed by atoms with Crippen LogP contribution < -0.4 is 10.1 Å². The smallest absolute Gasteiger partial charge is 0.232 e. The number of halogens is 1. The predicted octanol–water partition coefficient (Wildman–Crippen LogP) is 2.88. The highest BCUT2D eigenvalue weighted by Gasteiger charge is 2.05. The van der Waals surface area contributed by atoms with Gasteiger partial charge in [0.05, 0.1) is 6.61 Å². The Hall–Kier alpha value is -0.800. The maximum absolute atomic E-state index is 6.07. The van der Waals surface area contributed by atoms with E-state index in [0.29, 0.717) is 23.4 Å². The Morgan fingerprint density at radius 3 is 2.81 bits per heavy atom. The highest BCUT2D eigenvalue weighted by Crippen LogP contribution is 2.22. The first kappa shape index (κ1) is 13.3. The molecule has 0 aliphatic rings. The van der Waals surface area contributed by atoms with Gasteiger partial charge in [0.25, 0.3) is 0 Å². The molecule has 0 fully saturated rings. The van der Waals surface area contributed by atoms with Crippen molar-refractivity contribution < 1.29 is 4.74 Å². The molecular formula is C12H19ClN2O. The van der Waals surface area contributed by atoms with E-state index in [4.69, 9.17) is 16.3 Å². The molecule has 0 aliphatic carbocycles. The Morgan fingerprint density at radius 2 is 2.25 bits per heavy atom. The maximum Gasteiger partial charge on any atom is 0.232 e. The Labute approximate surface area is 102 Å². The molecule has 0 atom stereocenters.